The summed E-state index contributed by atoms with van der Waals surface area (Å²) >= 11 is 0. The summed E-state index contributed by atoms with van der Waals surface area (Å²) in [7, 11) is 0. The summed E-state index contributed by atoms with van der Waals surface area (Å²) in [6.45, 7) is 6.60. The Labute approximate surface area is 160 Å². The number of alkyl carbamates (subject to hydrolysis) is 1. The van der Waals surface area contributed by atoms with E-state index in [1.165, 1.54) is 0 Å². The van der Waals surface area contributed by atoms with Gasteiger partial charge >= 0.3 is 12.2 Å². The zero-order valence-corrected chi connectivity index (χ0v) is 16.2. The Morgan fingerprint density at radius 2 is 1.85 bits per heavy atom. The lowest BCUT2D eigenvalue weighted by Gasteiger charge is -2.36. The topological polar surface area (TPSA) is 91.7 Å². The summed E-state index contributed by atoms with van der Waals surface area (Å²) in [4.78, 5) is 25.7. The van der Waals surface area contributed by atoms with Crippen molar-refractivity contribution in [2.75, 3.05) is 19.6 Å². The fourth-order valence-corrected chi connectivity index (χ4v) is 2.81. The number of piperidine rings is 1. The van der Waals surface area contributed by atoms with E-state index in [0.29, 0.717) is 25.9 Å². The Morgan fingerprint density at radius 1 is 1.22 bits per heavy atom. The number of amides is 2. The zero-order chi connectivity index (χ0) is 19.9. The van der Waals surface area contributed by atoms with Crippen molar-refractivity contribution >= 4 is 12.2 Å². The van der Waals surface area contributed by atoms with E-state index in [2.05, 4.69) is 11.4 Å². The van der Waals surface area contributed by atoms with Crippen LogP contribution in [0.1, 0.15) is 39.2 Å². The summed E-state index contributed by atoms with van der Waals surface area (Å²) < 4.78 is 10.5. The number of nitrogens with one attached hydrogen (secondary N) is 1. The van der Waals surface area contributed by atoms with Crippen LogP contribution in [0.3, 0.4) is 0 Å². The monoisotopic (exact) mass is 373 g/mol. The maximum Gasteiger partial charge on any atom is 0.410 e. The quantitative estimate of drug-likeness (QED) is 0.873. The molecule has 1 aliphatic heterocycles. The third kappa shape index (κ3) is 6.48. The minimum atomic E-state index is -0.701. The zero-order valence-electron chi connectivity index (χ0n) is 16.2. The Balaban J connectivity index is 1.80. The highest BCUT2D eigenvalue weighted by atomic mass is 16.6. The molecular formula is C20H27N3O4. The van der Waals surface area contributed by atoms with Crippen LogP contribution in [0.4, 0.5) is 9.59 Å². The van der Waals surface area contributed by atoms with Crippen molar-refractivity contribution in [2.45, 2.75) is 45.8 Å². The van der Waals surface area contributed by atoms with E-state index in [-0.39, 0.29) is 19.2 Å². The third-order valence-electron chi connectivity index (χ3n) is 4.39. The van der Waals surface area contributed by atoms with Crippen molar-refractivity contribution in [2.24, 2.45) is 5.41 Å². The van der Waals surface area contributed by atoms with Crippen LogP contribution in [0.15, 0.2) is 30.3 Å². The van der Waals surface area contributed by atoms with Crippen molar-refractivity contribution in [3.05, 3.63) is 35.9 Å². The van der Waals surface area contributed by atoms with Gasteiger partial charge in [-0.25, -0.2) is 9.59 Å². The fraction of sp³-hybridized carbons (Fsp3) is 0.550. The van der Waals surface area contributed by atoms with Crippen molar-refractivity contribution < 1.29 is 19.1 Å². The van der Waals surface area contributed by atoms with Gasteiger partial charge in [0.15, 0.2) is 0 Å². The molecule has 0 unspecified atom stereocenters. The molecule has 146 valence electrons. The lowest BCUT2D eigenvalue weighted by atomic mass is 9.80. The van der Waals surface area contributed by atoms with Crippen LogP contribution in [0, 0.1) is 16.7 Å². The SMILES string of the molecule is CC(C)(C)OC(=O)NCC1(C#N)CCN(C(=O)OCc2ccccc2)CC1. The van der Waals surface area contributed by atoms with Gasteiger partial charge in [0, 0.05) is 19.6 Å². The van der Waals surface area contributed by atoms with Crippen LogP contribution in [-0.4, -0.2) is 42.3 Å². The molecule has 1 aromatic carbocycles. The molecule has 0 spiro atoms. The molecule has 1 fully saturated rings. The highest BCUT2D eigenvalue weighted by Gasteiger charge is 2.37. The first-order valence-electron chi connectivity index (χ1n) is 9.07. The molecule has 2 rings (SSSR count). The second-order valence-electron chi connectivity index (χ2n) is 7.77. The molecular weight excluding hydrogens is 346 g/mol. The van der Waals surface area contributed by atoms with E-state index in [1.807, 2.05) is 30.3 Å². The summed E-state index contributed by atoms with van der Waals surface area (Å²) in [5.74, 6) is 0. The molecule has 0 saturated carbocycles. The van der Waals surface area contributed by atoms with Crippen molar-refractivity contribution in [1.29, 1.82) is 5.26 Å². The van der Waals surface area contributed by atoms with E-state index < -0.39 is 17.1 Å². The molecule has 0 radical (unpaired) electrons. The van der Waals surface area contributed by atoms with Gasteiger partial charge in [-0.05, 0) is 39.2 Å². The predicted octanol–water partition coefficient (Wildman–Crippen LogP) is 3.45. The largest absolute Gasteiger partial charge is 0.445 e. The normalized spacial score (nSPS) is 16.1. The highest BCUT2D eigenvalue weighted by Crippen LogP contribution is 2.30. The van der Waals surface area contributed by atoms with E-state index in [4.69, 9.17) is 9.47 Å². The molecule has 1 aliphatic rings. The minimum absolute atomic E-state index is 0.200. The molecule has 0 aromatic heterocycles. The summed E-state index contributed by atoms with van der Waals surface area (Å²) in [5.41, 5.74) is -0.362. The van der Waals surface area contributed by atoms with Crippen LogP contribution < -0.4 is 5.32 Å². The molecule has 0 bridgehead atoms. The van der Waals surface area contributed by atoms with E-state index >= 15 is 0 Å². The molecule has 1 heterocycles. The molecule has 1 saturated heterocycles. The lowest BCUT2D eigenvalue weighted by Crippen LogP contribution is -2.48. The number of carbonyl (C=O) groups excluding carboxylic acids is 2. The number of hydrogen-bond acceptors (Lipinski definition) is 5. The van der Waals surface area contributed by atoms with Crippen LogP contribution in [0.2, 0.25) is 0 Å². The standard InChI is InChI=1S/C20H27N3O4/c1-19(2,3)27-17(24)22-15-20(14-21)9-11-23(12-10-20)18(25)26-13-16-7-5-4-6-8-16/h4-8H,9-13,15H2,1-3H3,(H,22,24). The number of carbonyl (C=O) groups is 2. The number of nitrogens with zero attached hydrogens (tertiary/aromatic N) is 2. The van der Waals surface area contributed by atoms with Gasteiger partial charge < -0.3 is 19.7 Å². The minimum Gasteiger partial charge on any atom is -0.445 e. The molecule has 1 aromatic rings. The first kappa shape index (κ1) is 20.6. The maximum atomic E-state index is 12.2. The van der Waals surface area contributed by atoms with Gasteiger partial charge in [0.05, 0.1) is 11.5 Å². The smallest absolute Gasteiger partial charge is 0.410 e. The number of hydrogen-bond donors (Lipinski definition) is 1. The van der Waals surface area contributed by atoms with Crippen LogP contribution in [0.5, 0.6) is 0 Å². The number of likely N-dealkylation sites (tertiary alicyclic amines) is 1. The first-order chi connectivity index (χ1) is 12.7. The van der Waals surface area contributed by atoms with Crippen molar-refractivity contribution in [3.63, 3.8) is 0 Å². The average molecular weight is 373 g/mol. The third-order valence-corrected chi connectivity index (χ3v) is 4.39. The van der Waals surface area contributed by atoms with E-state index in [0.717, 1.165) is 5.56 Å². The number of rotatable bonds is 4. The van der Waals surface area contributed by atoms with Crippen molar-refractivity contribution in [1.82, 2.24) is 10.2 Å². The maximum absolute atomic E-state index is 12.2. The second kappa shape index (κ2) is 8.76. The summed E-state index contributed by atoms with van der Waals surface area (Å²) in [6, 6.07) is 11.8. The second-order valence-corrected chi connectivity index (χ2v) is 7.77. The van der Waals surface area contributed by atoms with Crippen molar-refractivity contribution in [3.8, 4) is 6.07 Å². The Morgan fingerprint density at radius 3 is 2.41 bits per heavy atom. The number of nitriles is 1. The molecule has 2 amide bonds. The Kier molecular flexibility index (Phi) is 6.67. The average Bonchev–Trinajstić information content (AvgIpc) is 2.64. The number of benzene rings is 1. The Hall–Kier alpha value is -2.75. The van der Waals surface area contributed by atoms with Gasteiger partial charge in [-0.2, -0.15) is 5.26 Å². The van der Waals surface area contributed by atoms with Gasteiger partial charge in [0.25, 0.3) is 0 Å². The predicted molar refractivity (Wildman–Crippen MR) is 99.7 cm³/mol. The van der Waals surface area contributed by atoms with E-state index in [1.54, 1.807) is 25.7 Å². The molecule has 7 heteroatoms. The molecule has 0 atom stereocenters. The summed E-state index contributed by atoms with van der Waals surface area (Å²) in [5, 5.41) is 12.3. The summed E-state index contributed by atoms with van der Waals surface area (Å²) in [6.07, 6.45) is 0.0201. The van der Waals surface area contributed by atoms with E-state index in [9.17, 15) is 14.9 Å². The fourth-order valence-electron chi connectivity index (χ4n) is 2.81. The van der Waals surface area contributed by atoms with Gasteiger partial charge in [-0.1, -0.05) is 30.3 Å². The molecule has 27 heavy (non-hydrogen) atoms. The molecule has 0 aliphatic carbocycles. The molecule has 7 nitrogen and oxygen atoms in total. The molecule has 1 N–H and O–H groups in total. The van der Waals surface area contributed by atoms with Crippen LogP contribution >= 0.6 is 0 Å². The first-order valence-corrected chi connectivity index (χ1v) is 9.07. The van der Waals surface area contributed by atoms with Gasteiger partial charge in [-0.3, -0.25) is 0 Å². The van der Waals surface area contributed by atoms with Gasteiger partial charge in [-0.15, -0.1) is 0 Å². The van der Waals surface area contributed by atoms with Gasteiger partial charge in [0.1, 0.15) is 12.2 Å². The van der Waals surface area contributed by atoms with Crippen LogP contribution in [0.25, 0.3) is 0 Å². The lowest BCUT2D eigenvalue weighted by molar-refractivity contribution is 0.0471. The highest BCUT2D eigenvalue weighted by molar-refractivity contribution is 5.68. The number of ether oxygens (including phenoxy) is 2. The van der Waals surface area contributed by atoms with Crippen LogP contribution in [-0.2, 0) is 16.1 Å². The Bertz CT molecular complexity index is 683. The van der Waals surface area contributed by atoms with Gasteiger partial charge in [0.2, 0.25) is 0 Å².